The molecule has 1 aliphatic rings. The molecule has 63 heavy (non-hydrogen) atoms. The van der Waals surface area contributed by atoms with E-state index in [1.807, 2.05) is 6.07 Å². The lowest BCUT2D eigenvalue weighted by molar-refractivity contribution is 0.660. The van der Waals surface area contributed by atoms with Gasteiger partial charge in [0.15, 0.2) is 0 Å². The zero-order valence-corrected chi connectivity index (χ0v) is 35.2. The Morgan fingerprint density at radius 3 is 1.67 bits per heavy atom. The zero-order valence-electron chi connectivity index (χ0n) is 35.2. The highest BCUT2D eigenvalue weighted by Crippen LogP contribution is 2.54. The average molecular weight is 806 g/mol. The standard InChI is InChI=1S/C61H43NO/c1-61(2)53-31-10-6-25-52(53)59-50(29-17-32-54(59)61)47-23-8-12-34-56(47)62(43-38-36-41(37-39-43)45-27-16-30-51-48-24-9-13-35-57(48)63-60(45)51)55-33-11-7-22-46(55)49-28-15-21-42-20-14-26-44(58(42)49)40-18-4-3-5-19-40/h3-39H,1-2H3. The van der Waals surface area contributed by atoms with Crippen LogP contribution in [0, 0.1) is 0 Å². The maximum Gasteiger partial charge on any atom is 0.143 e. The van der Waals surface area contributed by atoms with Crippen molar-refractivity contribution in [2.24, 2.45) is 0 Å². The summed E-state index contributed by atoms with van der Waals surface area (Å²) in [4.78, 5) is 2.48. The third-order valence-corrected chi connectivity index (χ3v) is 13.3. The van der Waals surface area contributed by atoms with Gasteiger partial charge in [0, 0.05) is 38.6 Å². The number of rotatable bonds is 7. The van der Waals surface area contributed by atoms with Gasteiger partial charge in [0.2, 0.25) is 0 Å². The normalized spacial score (nSPS) is 12.7. The molecule has 1 aromatic heterocycles. The largest absolute Gasteiger partial charge is 0.455 e. The molecule has 0 N–H and O–H groups in total. The van der Waals surface area contributed by atoms with E-state index in [1.165, 1.54) is 60.8 Å². The van der Waals surface area contributed by atoms with Gasteiger partial charge in [-0.2, -0.15) is 0 Å². The zero-order chi connectivity index (χ0) is 42.1. The number of hydrogen-bond acceptors (Lipinski definition) is 2. The summed E-state index contributed by atoms with van der Waals surface area (Å²) in [5.74, 6) is 0. The summed E-state index contributed by atoms with van der Waals surface area (Å²) >= 11 is 0. The monoisotopic (exact) mass is 805 g/mol. The lowest BCUT2D eigenvalue weighted by Gasteiger charge is -2.31. The molecule has 0 amide bonds. The summed E-state index contributed by atoms with van der Waals surface area (Å²) in [6.45, 7) is 4.72. The summed E-state index contributed by atoms with van der Waals surface area (Å²) in [5.41, 5.74) is 19.7. The van der Waals surface area contributed by atoms with Crippen molar-refractivity contribution in [3.05, 3.63) is 236 Å². The Morgan fingerprint density at radius 1 is 0.365 bits per heavy atom. The first kappa shape index (κ1) is 36.9. The van der Waals surface area contributed by atoms with Gasteiger partial charge in [-0.25, -0.2) is 0 Å². The highest BCUT2D eigenvalue weighted by atomic mass is 16.3. The SMILES string of the molecule is CC1(C)c2ccccc2-c2c(-c3ccccc3N(c3ccc(-c4cccc5c4oc4ccccc45)cc3)c3ccccc3-c3cccc4cccc(-c5ccccc5)c34)cccc21. The molecule has 2 heteroatoms. The number of fused-ring (bicyclic) bond motifs is 7. The fourth-order valence-electron chi connectivity index (χ4n) is 10.4. The van der Waals surface area contributed by atoms with E-state index in [0.29, 0.717) is 0 Å². The fourth-order valence-corrected chi connectivity index (χ4v) is 10.4. The van der Waals surface area contributed by atoms with E-state index >= 15 is 0 Å². The van der Waals surface area contributed by atoms with Crippen LogP contribution in [0.15, 0.2) is 229 Å². The van der Waals surface area contributed by atoms with Gasteiger partial charge >= 0.3 is 0 Å². The topological polar surface area (TPSA) is 16.4 Å². The van der Waals surface area contributed by atoms with Crippen LogP contribution in [0.25, 0.3) is 88.3 Å². The first-order chi connectivity index (χ1) is 31.0. The maximum atomic E-state index is 6.53. The van der Waals surface area contributed by atoms with E-state index < -0.39 is 0 Å². The molecule has 0 radical (unpaired) electrons. The quantitative estimate of drug-likeness (QED) is 0.160. The van der Waals surface area contributed by atoms with Crippen LogP contribution in [0.2, 0.25) is 0 Å². The predicted octanol–water partition coefficient (Wildman–Crippen LogP) is 17.2. The molecule has 0 bridgehead atoms. The molecule has 2 nitrogen and oxygen atoms in total. The highest BCUT2D eigenvalue weighted by Gasteiger charge is 2.37. The molecule has 298 valence electrons. The van der Waals surface area contributed by atoms with E-state index in [2.05, 4.69) is 237 Å². The highest BCUT2D eigenvalue weighted by molar-refractivity contribution is 6.11. The van der Waals surface area contributed by atoms with Gasteiger partial charge in [0.05, 0.1) is 11.4 Å². The van der Waals surface area contributed by atoms with Crippen LogP contribution in [0.3, 0.4) is 0 Å². The molecule has 0 fully saturated rings. The Hall–Kier alpha value is -7.94. The molecule has 0 aliphatic heterocycles. The van der Waals surface area contributed by atoms with E-state index in [1.54, 1.807) is 0 Å². The third kappa shape index (κ3) is 5.86. The first-order valence-corrected chi connectivity index (χ1v) is 21.8. The summed E-state index contributed by atoms with van der Waals surface area (Å²) < 4.78 is 6.53. The Morgan fingerprint density at radius 2 is 0.889 bits per heavy atom. The van der Waals surface area contributed by atoms with Gasteiger partial charge in [0.1, 0.15) is 11.2 Å². The van der Waals surface area contributed by atoms with Crippen molar-refractivity contribution < 1.29 is 4.42 Å². The molecule has 0 unspecified atom stereocenters. The van der Waals surface area contributed by atoms with Crippen LogP contribution >= 0.6 is 0 Å². The van der Waals surface area contributed by atoms with E-state index in [9.17, 15) is 0 Å². The third-order valence-electron chi connectivity index (χ3n) is 13.3. The number of furan rings is 1. The van der Waals surface area contributed by atoms with Gasteiger partial charge in [-0.05, 0) is 91.2 Å². The molecule has 1 heterocycles. The Kier molecular flexibility index (Phi) is 8.55. The number of anilines is 3. The number of benzene rings is 10. The van der Waals surface area contributed by atoms with Crippen LogP contribution in [-0.4, -0.2) is 0 Å². The molecular weight excluding hydrogens is 763 g/mol. The van der Waals surface area contributed by atoms with Crippen LogP contribution < -0.4 is 4.90 Å². The van der Waals surface area contributed by atoms with Crippen molar-refractivity contribution in [1.82, 2.24) is 0 Å². The lowest BCUT2D eigenvalue weighted by atomic mass is 9.82. The van der Waals surface area contributed by atoms with Crippen molar-refractivity contribution in [2.75, 3.05) is 4.90 Å². The summed E-state index contributed by atoms with van der Waals surface area (Å²) in [7, 11) is 0. The average Bonchev–Trinajstić information content (AvgIpc) is 3.84. The number of nitrogens with zero attached hydrogens (tertiary/aromatic N) is 1. The fraction of sp³-hybridized carbons (Fsp3) is 0.0492. The molecule has 11 aromatic rings. The summed E-state index contributed by atoms with van der Waals surface area (Å²) in [6.07, 6.45) is 0. The van der Waals surface area contributed by atoms with Crippen LogP contribution in [-0.2, 0) is 5.41 Å². The second-order valence-corrected chi connectivity index (χ2v) is 17.2. The Bertz CT molecular complexity index is 3530. The summed E-state index contributed by atoms with van der Waals surface area (Å²) in [5, 5.41) is 4.70. The van der Waals surface area contributed by atoms with E-state index in [4.69, 9.17) is 4.42 Å². The minimum Gasteiger partial charge on any atom is -0.455 e. The van der Waals surface area contributed by atoms with Crippen LogP contribution in [0.4, 0.5) is 17.1 Å². The van der Waals surface area contributed by atoms with Gasteiger partial charge in [-0.1, -0.05) is 208 Å². The molecule has 0 spiro atoms. The predicted molar refractivity (Wildman–Crippen MR) is 265 cm³/mol. The second kappa shape index (κ2) is 14.6. The van der Waals surface area contributed by atoms with Gasteiger partial charge in [-0.3, -0.25) is 0 Å². The minimum absolute atomic E-state index is 0.119. The van der Waals surface area contributed by atoms with E-state index in [-0.39, 0.29) is 5.41 Å². The number of hydrogen-bond donors (Lipinski definition) is 0. The van der Waals surface area contributed by atoms with Gasteiger partial charge in [0.25, 0.3) is 0 Å². The Balaban J connectivity index is 1.10. The van der Waals surface area contributed by atoms with Crippen molar-refractivity contribution in [3.63, 3.8) is 0 Å². The molecule has 12 rings (SSSR count). The smallest absolute Gasteiger partial charge is 0.143 e. The van der Waals surface area contributed by atoms with Crippen molar-refractivity contribution in [2.45, 2.75) is 19.3 Å². The first-order valence-electron chi connectivity index (χ1n) is 21.8. The Labute approximate surface area is 368 Å². The molecule has 0 saturated carbocycles. The summed E-state index contributed by atoms with van der Waals surface area (Å²) in [6, 6.07) is 81.7. The van der Waals surface area contributed by atoms with E-state index in [0.717, 1.165) is 55.7 Å². The molecule has 0 atom stereocenters. The minimum atomic E-state index is -0.119. The molecular formula is C61H43NO. The molecule has 0 saturated heterocycles. The second-order valence-electron chi connectivity index (χ2n) is 17.2. The molecule has 10 aromatic carbocycles. The van der Waals surface area contributed by atoms with Crippen molar-refractivity contribution in [3.8, 4) is 55.6 Å². The van der Waals surface area contributed by atoms with Crippen molar-refractivity contribution >= 4 is 49.8 Å². The van der Waals surface area contributed by atoms with Crippen LogP contribution in [0.1, 0.15) is 25.0 Å². The van der Waals surface area contributed by atoms with Crippen molar-refractivity contribution in [1.29, 1.82) is 0 Å². The maximum absolute atomic E-state index is 6.53. The van der Waals surface area contributed by atoms with Gasteiger partial charge in [-0.15, -0.1) is 0 Å². The van der Waals surface area contributed by atoms with Crippen LogP contribution in [0.5, 0.6) is 0 Å². The van der Waals surface area contributed by atoms with Gasteiger partial charge < -0.3 is 9.32 Å². The molecule has 1 aliphatic carbocycles. The lowest BCUT2D eigenvalue weighted by Crippen LogP contribution is -2.15. The number of para-hydroxylation sites is 4.